The Morgan fingerprint density at radius 3 is 2.54 bits per heavy atom. The summed E-state index contributed by atoms with van der Waals surface area (Å²) in [7, 11) is 3.26. The van der Waals surface area contributed by atoms with Crippen LogP contribution >= 0.6 is 12.4 Å². The highest BCUT2D eigenvalue weighted by molar-refractivity contribution is 5.85. The number of fused-ring (bicyclic) bond motifs is 1. The van der Waals surface area contributed by atoms with E-state index in [0.29, 0.717) is 23.2 Å². The van der Waals surface area contributed by atoms with Crippen LogP contribution in [0.1, 0.15) is 24.3 Å². The highest BCUT2D eigenvalue weighted by Gasteiger charge is 2.17. The van der Waals surface area contributed by atoms with Gasteiger partial charge in [-0.2, -0.15) is 0 Å². The van der Waals surface area contributed by atoms with Gasteiger partial charge in [-0.1, -0.05) is 0 Å². The lowest BCUT2D eigenvalue weighted by atomic mass is 9.91. The number of nitrogens with one attached hydrogen (secondary N) is 1. The Hall–Kier alpha value is -2.31. The summed E-state index contributed by atoms with van der Waals surface area (Å²) in [4.78, 5) is 4.71. The van der Waals surface area contributed by atoms with E-state index in [-0.39, 0.29) is 12.4 Å². The van der Waals surface area contributed by atoms with Crippen molar-refractivity contribution in [3.05, 3.63) is 42.1 Å². The average Bonchev–Trinajstić information content (AvgIpc) is 3.11. The molecule has 3 aromatic rings. The molecule has 1 fully saturated rings. The first-order chi connectivity index (χ1) is 12.3. The van der Waals surface area contributed by atoms with Crippen molar-refractivity contribution in [2.45, 2.75) is 18.8 Å². The van der Waals surface area contributed by atoms with Crippen LogP contribution in [-0.2, 0) is 0 Å². The Kier molecular flexibility index (Phi) is 5.64. The summed E-state index contributed by atoms with van der Waals surface area (Å²) in [6.07, 6.45) is 4.35. The van der Waals surface area contributed by atoms with Crippen LogP contribution in [0.4, 0.5) is 0 Å². The summed E-state index contributed by atoms with van der Waals surface area (Å²) < 4.78 is 12.5. The van der Waals surface area contributed by atoms with Gasteiger partial charge < -0.3 is 14.8 Å². The Balaban J connectivity index is 0.00000196. The Bertz CT molecular complexity index is 890. The van der Waals surface area contributed by atoms with Crippen LogP contribution in [0.2, 0.25) is 0 Å². The lowest BCUT2D eigenvalue weighted by Gasteiger charge is -2.22. The van der Waals surface area contributed by atoms with Gasteiger partial charge in [-0.05, 0) is 67.7 Å². The standard InChI is InChI=1S/C19H22N4O2.ClH/c1-24-16-4-3-15(11-17(16)25-2)19-21-18-12-14(7-10-23(18)22-19)13-5-8-20-9-6-13;/h3-4,7,10-13,20H,5-6,8-9H2,1-2H3;1H. The van der Waals surface area contributed by atoms with Crippen molar-refractivity contribution in [2.75, 3.05) is 27.3 Å². The van der Waals surface area contributed by atoms with Gasteiger partial charge in [0, 0.05) is 11.8 Å². The molecule has 0 aliphatic carbocycles. The van der Waals surface area contributed by atoms with Crippen LogP contribution in [0.15, 0.2) is 36.5 Å². The van der Waals surface area contributed by atoms with Crippen LogP contribution in [0.25, 0.3) is 17.0 Å². The van der Waals surface area contributed by atoms with Crippen LogP contribution < -0.4 is 14.8 Å². The molecule has 0 unspecified atom stereocenters. The number of benzene rings is 1. The van der Waals surface area contributed by atoms with E-state index in [1.807, 2.05) is 28.9 Å². The van der Waals surface area contributed by atoms with Gasteiger partial charge in [-0.25, -0.2) is 9.50 Å². The van der Waals surface area contributed by atoms with E-state index in [2.05, 4.69) is 22.5 Å². The van der Waals surface area contributed by atoms with E-state index in [1.54, 1.807) is 14.2 Å². The third-order valence-corrected chi connectivity index (χ3v) is 4.81. The average molecular weight is 375 g/mol. The van der Waals surface area contributed by atoms with Gasteiger partial charge >= 0.3 is 0 Å². The largest absolute Gasteiger partial charge is 0.493 e. The van der Waals surface area contributed by atoms with Gasteiger partial charge in [0.05, 0.1) is 14.2 Å². The molecule has 0 spiro atoms. The maximum atomic E-state index is 5.38. The molecule has 0 atom stereocenters. The summed E-state index contributed by atoms with van der Waals surface area (Å²) in [6, 6.07) is 10.1. The lowest BCUT2D eigenvalue weighted by molar-refractivity contribution is 0.355. The van der Waals surface area contributed by atoms with Crippen molar-refractivity contribution in [1.82, 2.24) is 19.9 Å². The maximum Gasteiger partial charge on any atom is 0.182 e. The van der Waals surface area contributed by atoms with Crippen molar-refractivity contribution in [1.29, 1.82) is 0 Å². The van der Waals surface area contributed by atoms with Crippen molar-refractivity contribution in [3.8, 4) is 22.9 Å². The van der Waals surface area contributed by atoms with Crippen molar-refractivity contribution < 1.29 is 9.47 Å². The highest BCUT2D eigenvalue weighted by Crippen LogP contribution is 2.31. The second-order valence-corrected chi connectivity index (χ2v) is 6.29. The first kappa shape index (κ1) is 18.5. The molecule has 0 radical (unpaired) electrons. The number of hydrogen-bond acceptors (Lipinski definition) is 5. The number of halogens is 1. The molecule has 138 valence electrons. The van der Waals surface area contributed by atoms with Gasteiger partial charge in [0.1, 0.15) is 0 Å². The molecule has 1 N–H and O–H groups in total. The first-order valence-corrected chi connectivity index (χ1v) is 8.58. The van der Waals surface area contributed by atoms with Gasteiger partial charge in [0.25, 0.3) is 0 Å². The smallest absolute Gasteiger partial charge is 0.182 e. The zero-order valence-corrected chi connectivity index (χ0v) is 15.8. The third kappa shape index (κ3) is 3.48. The predicted molar refractivity (Wildman–Crippen MR) is 104 cm³/mol. The number of nitrogens with zero attached hydrogens (tertiary/aromatic N) is 3. The summed E-state index contributed by atoms with van der Waals surface area (Å²) in [5.74, 6) is 2.66. The summed E-state index contributed by atoms with van der Waals surface area (Å²) in [6.45, 7) is 2.17. The van der Waals surface area contributed by atoms with E-state index in [4.69, 9.17) is 14.5 Å². The van der Waals surface area contributed by atoms with Crippen molar-refractivity contribution >= 4 is 18.1 Å². The summed E-state index contributed by atoms with van der Waals surface area (Å²) in [5, 5.41) is 8.01. The summed E-state index contributed by atoms with van der Waals surface area (Å²) >= 11 is 0. The van der Waals surface area contributed by atoms with Crippen LogP contribution in [0.3, 0.4) is 0 Å². The Morgan fingerprint density at radius 2 is 1.81 bits per heavy atom. The molecule has 1 aliphatic heterocycles. The number of methoxy groups -OCH3 is 2. The van der Waals surface area contributed by atoms with Gasteiger partial charge in [0.2, 0.25) is 0 Å². The van der Waals surface area contributed by atoms with E-state index in [9.17, 15) is 0 Å². The third-order valence-electron chi connectivity index (χ3n) is 4.81. The van der Waals surface area contributed by atoms with E-state index in [1.165, 1.54) is 18.4 Å². The number of hydrogen-bond donors (Lipinski definition) is 1. The highest BCUT2D eigenvalue weighted by atomic mass is 35.5. The molecule has 6 nitrogen and oxygen atoms in total. The quantitative estimate of drug-likeness (QED) is 0.759. The monoisotopic (exact) mass is 374 g/mol. The van der Waals surface area contributed by atoms with Gasteiger partial charge in [-0.3, -0.25) is 0 Å². The molecule has 2 aromatic heterocycles. The zero-order valence-electron chi connectivity index (χ0n) is 14.9. The molecule has 0 saturated carbocycles. The number of pyridine rings is 1. The summed E-state index contributed by atoms with van der Waals surface area (Å²) in [5.41, 5.74) is 3.13. The van der Waals surface area contributed by atoms with E-state index >= 15 is 0 Å². The van der Waals surface area contributed by atoms with Crippen molar-refractivity contribution in [2.24, 2.45) is 0 Å². The SMILES string of the molecule is COc1ccc(-c2nc3cc(C4CCNCC4)ccn3n2)cc1OC.Cl. The number of piperidine rings is 1. The number of ether oxygens (including phenoxy) is 2. The fourth-order valence-corrected chi connectivity index (χ4v) is 3.40. The molecular formula is C19H23ClN4O2. The molecular weight excluding hydrogens is 352 g/mol. The predicted octanol–water partition coefficient (Wildman–Crippen LogP) is 3.30. The Morgan fingerprint density at radius 1 is 1.04 bits per heavy atom. The maximum absolute atomic E-state index is 5.38. The minimum atomic E-state index is 0. The molecule has 0 amide bonds. The first-order valence-electron chi connectivity index (χ1n) is 8.58. The molecule has 4 rings (SSSR count). The second kappa shape index (κ2) is 7.93. The molecule has 26 heavy (non-hydrogen) atoms. The fourth-order valence-electron chi connectivity index (χ4n) is 3.40. The van der Waals surface area contributed by atoms with E-state index in [0.717, 1.165) is 24.3 Å². The van der Waals surface area contributed by atoms with E-state index < -0.39 is 0 Å². The molecule has 1 saturated heterocycles. The topological polar surface area (TPSA) is 60.7 Å². The zero-order chi connectivity index (χ0) is 17.2. The fraction of sp³-hybridized carbons (Fsp3) is 0.368. The molecule has 1 aliphatic rings. The molecule has 3 heterocycles. The lowest BCUT2D eigenvalue weighted by Crippen LogP contribution is -2.26. The van der Waals surface area contributed by atoms with Gasteiger partial charge in [-0.15, -0.1) is 17.5 Å². The van der Waals surface area contributed by atoms with Crippen LogP contribution in [0.5, 0.6) is 11.5 Å². The Labute approximate surface area is 158 Å². The second-order valence-electron chi connectivity index (χ2n) is 6.29. The van der Waals surface area contributed by atoms with Crippen LogP contribution in [0, 0.1) is 0 Å². The number of rotatable bonds is 4. The number of aromatic nitrogens is 3. The van der Waals surface area contributed by atoms with Crippen LogP contribution in [-0.4, -0.2) is 41.9 Å². The molecule has 0 bridgehead atoms. The van der Waals surface area contributed by atoms with Gasteiger partial charge in [0.15, 0.2) is 23.0 Å². The normalized spacial score (nSPS) is 14.8. The molecule has 1 aromatic carbocycles. The molecule has 7 heteroatoms. The minimum absolute atomic E-state index is 0. The minimum Gasteiger partial charge on any atom is -0.493 e. The van der Waals surface area contributed by atoms with Crippen molar-refractivity contribution in [3.63, 3.8) is 0 Å².